The summed E-state index contributed by atoms with van der Waals surface area (Å²) >= 11 is 6.18. The number of hydrogen-bond acceptors (Lipinski definition) is 5. The first-order valence-corrected chi connectivity index (χ1v) is 8.25. The molecule has 0 aliphatic carbocycles. The number of nitrogens with one attached hydrogen (secondary N) is 1. The number of β-lactam (4-membered cyclic amide) rings is 1. The number of ether oxygens (including phenoxy) is 2. The van der Waals surface area contributed by atoms with Crippen LogP contribution in [0.25, 0.3) is 0 Å². The summed E-state index contributed by atoms with van der Waals surface area (Å²) in [5.74, 6) is 0.270. The zero-order chi connectivity index (χ0) is 18.8. The summed E-state index contributed by atoms with van der Waals surface area (Å²) in [5, 5.41) is 0.442. The maximum atomic E-state index is 12.4. The van der Waals surface area contributed by atoms with E-state index in [2.05, 4.69) is 5.43 Å². The number of nitrogens with zero attached hydrogens (tertiary/aromatic N) is 1. The number of rotatable bonds is 5. The lowest BCUT2D eigenvalue weighted by molar-refractivity contribution is -0.149. The minimum Gasteiger partial charge on any atom is -0.493 e. The van der Waals surface area contributed by atoms with Gasteiger partial charge in [0.15, 0.2) is 11.5 Å². The number of hydrogen-bond donors (Lipinski definition) is 2. The van der Waals surface area contributed by atoms with Gasteiger partial charge in [0, 0.05) is 11.3 Å². The standard InChI is InChI=1S/C18H18ClN3O4/c1-25-13-8-5-11(9-14(13)26-2)16-15(19)18(24)22(16)21-17(23)10-3-6-12(20)7-4-10/h3-9,15-16H,20H2,1-2H3,(H,21,23)/t15-,16+/m0/s1. The lowest BCUT2D eigenvalue weighted by Gasteiger charge is -2.44. The van der Waals surface area contributed by atoms with Crippen LogP contribution in [0.2, 0.25) is 0 Å². The maximum Gasteiger partial charge on any atom is 0.269 e. The van der Waals surface area contributed by atoms with Crippen molar-refractivity contribution in [3.05, 3.63) is 53.6 Å². The minimum atomic E-state index is -0.778. The SMILES string of the molecule is COc1ccc([C@@H]2[C@H](Cl)C(=O)N2NC(=O)c2ccc(N)cc2)cc1OC. The summed E-state index contributed by atoms with van der Waals surface area (Å²) < 4.78 is 10.5. The summed E-state index contributed by atoms with van der Waals surface area (Å²) in [6, 6.07) is 11.1. The van der Waals surface area contributed by atoms with Gasteiger partial charge < -0.3 is 15.2 Å². The number of carbonyl (C=O) groups is 2. The Kier molecular flexibility index (Phi) is 4.90. The summed E-state index contributed by atoms with van der Waals surface area (Å²) in [7, 11) is 3.06. The van der Waals surface area contributed by atoms with Gasteiger partial charge in [0.1, 0.15) is 11.4 Å². The van der Waals surface area contributed by atoms with Crippen LogP contribution in [0, 0.1) is 0 Å². The molecule has 136 valence electrons. The number of methoxy groups -OCH3 is 2. The van der Waals surface area contributed by atoms with Gasteiger partial charge in [-0.15, -0.1) is 11.6 Å². The largest absolute Gasteiger partial charge is 0.493 e. The fourth-order valence-corrected chi connectivity index (χ4v) is 3.10. The average molecular weight is 376 g/mol. The molecule has 0 bridgehead atoms. The first-order chi connectivity index (χ1) is 12.5. The molecule has 3 N–H and O–H groups in total. The smallest absolute Gasteiger partial charge is 0.269 e. The highest BCUT2D eigenvalue weighted by Crippen LogP contribution is 2.40. The van der Waals surface area contributed by atoms with E-state index < -0.39 is 17.3 Å². The second-order valence-corrected chi connectivity index (χ2v) is 6.20. The number of nitrogen functional groups attached to an aromatic ring is 1. The average Bonchev–Trinajstić information content (AvgIpc) is 2.67. The van der Waals surface area contributed by atoms with E-state index in [4.69, 9.17) is 26.8 Å². The van der Waals surface area contributed by atoms with Crippen LogP contribution < -0.4 is 20.6 Å². The Bertz CT molecular complexity index is 841. The number of benzene rings is 2. The first kappa shape index (κ1) is 17.9. The molecule has 1 aliphatic rings. The van der Waals surface area contributed by atoms with Crippen molar-refractivity contribution < 1.29 is 19.1 Å². The summed E-state index contributed by atoms with van der Waals surface area (Å²) in [4.78, 5) is 24.5. The highest BCUT2D eigenvalue weighted by Gasteiger charge is 2.48. The van der Waals surface area contributed by atoms with Gasteiger partial charge in [-0.2, -0.15) is 0 Å². The minimum absolute atomic E-state index is 0.379. The van der Waals surface area contributed by atoms with Gasteiger partial charge in [0.05, 0.1) is 14.2 Å². The van der Waals surface area contributed by atoms with Crippen LogP contribution in [-0.4, -0.2) is 36.4 Å². The topological polar surface area (TPSA) is 93.9 Å². The van der Waals surface area contributed by atoms with Crippen LogP contribution in [0.15, 0.2) is 42.5 Å². The van der Waals surface area contributed by atoms with Crippen LogP contribution >= 0.6 is 11.6 Å². The molecule has 1 fully saturated rings. The molecule has 7 nitrogen and oxygen atoms in total. The molecule has 1 heterocycles. The van der Waals surface area contributed by atoms with Crippen molar-refractivity contribution in [2.24, 2.45) is 0 Å². The Morgan fingerprint density at radius 1 is 1.12 bits per heavy atom. The number of nitrogens with two attached hydrogens (primary N) is 1. The number of alkyl halides is 1. The van der Waals surface area contributed by atoms with Gasteiger partial charge >= 0.3 is 0 Å². The Labute approximate surface area is 155 Å². The summed E-state index contributed by atoms with van der Waals surface area (Å²) in [6.07, 6.45) is 0. The predicted octanol–water partition coefficient (Wildman–Crippen LogP) is 2.12. The van der Waals surface area contributed by atoms with Crippen molar-refractivity contribution in [3.63, 3.8) is 0 Å². The van der Waals surface area contributed by atoms with Crippen molar-refractivity contribution >= 4 is 29.1 Å². The second kappa shape index (κ2) is 7.13. The number of hydrazine groups is 1. The second-order valence-electron chi connectivity index (χ2n) is 5.73. The van der Waals surface area contributed by atoms with E-state index in [0.29, 0.717) is 22.7 Å². The molecule has 1 saturated heterocycles. The van der Waals surface area contributed by atoms with E-state index in [1.807, 2.05) is 0 Å². The van der Waals surface area contributed by atoms with Crippen molar-refractivity contribution in [1.29, 1.82) is 0 Å². The van der Waals surface area contributed by atoms with Gasteiger partial charge in [-0.25, -0.2) is 5.01 Å². The Morgan fingerprint density at radius 3 is 2.38 bits per heavy atom. The number of carbonyl (C=O) groups excluding carboxylic acids is 2. The van der Waals surface area contributed by atoms with Crippen LogP contribution in [0.1, 0.15) is 22.0 Å². The van der Waals surface area contributed by atoms with E-state index >= 15 is 0 Å². The third-order valence-electron chi connectivity index (χ3n) is 4.17. The van der Waals surface area contributed by atoms with E-state index in [1.54, 1.807) is 42.5 Å². The van der Waals surface area contributed by atoms with Crippen LogP contribution in [0.5, 0.6) is 11.5 Å². The van der Waals surface area contributed by atoms with Gasteiger partial charge in [-0.1, -0.05) is 6.07 Å². The molecule has 1 aliphatic heterocycles. The molecule has 2 aromatic rings. The highest BCUT2D eigenvalue weighted by molar-refractivity contribution is 6.33. The summed E-state index contributed by atoms with van der Waals surface area (Å²) in [5.41, 5.74) is 9.87. The third-order valence-corrected chi connectivity index (χ3v) is 4.60. The van der Waals surface area contributed by atoms with Gasteiger partial charge in [0.2, 0.25) is 0 Å². The molecule has 8 heteroatoms. The van der Waals surface area contributed by atoms with Crippen LogP contribution in [0.3, 0.4) is 0 Å². The lowest BCUT2D eigenvalue weighted by Crippen LogP contribution is -2.63. The first-order valence-electron chi connectivity index (χ1n) is 7.82. The molecule has 3 rings (SSSR count). The molecule has 2 aromatic carbocycles. The number of anilines is 1. The van der Waals surface area contributed by atoms with E-state index in [0.717, 1.165) is 5.56 Å². The van der Waals surface area contributed by atoms with E-state index in [9.17, 15) is 9.59 Å². The Morgan fingerprint density at radius 2 is 1.77 bits per heavy atom. The monoisotopic (exact) mass is 375 g/mol. The number of amides is 2. The maximum absolute atomic E-state index is 12.4. The third kappa shape index (κ3) is 3.13. The van der Waals surface area contributed by atoms with Gasteiger partial charge in [-0.3, -0.25) is 15.0 Å². The zero-order valence-electron chi connectivity index (χ0n) is 14.2. The fraction of sp³-hybridized carbons (Fsp3) is 0.222. The number of halogens is 1. The molecule has 0 radical (unpaired) electrons. The quantitative estimate of drug-likeness (QED) is 0.474. The molecule has 0 saturated carbocycles. The molecule has 0 spiro atoms. The van der Waals surface area contributed by atoms with Crippen LogP contribution in [-0.2, 0) is 4.79 Å². The van der Waals surface area contributed by atoms with E-state index in [1.165, 1.54) is 19.2 Å². The molecule has 2 amide bonds. The molecular weight excluding hydrogens is 358 g/mol. The predicted molar refractivity (Wildman–Crippen MR) is 97.1 cm³/mol. The fourth-order valence-electron chi connectivity index (χ4n) is 2.74. The summed E-state index contributed by atoms with van der Waals surface area (Å²) in [6.45, 7) is 0. The van der Waals surface area contributed by atoms with Crippen molar-refractivity contribution in [2.75, 3.05) is 20.0 Å². The van der Waals surface area contributed by atoms with Gasteiger partial charge in [0.25, 0.3) is 11.8 Å². The molecule has 0 unspecified atom stereocenters. The molecule has 26 heavy (non-hydrogen) atoms. The van der Waals surface area contributed by atoms with E-state index in [-0.39, 0.29) is 5.91 Å². The normalized spacial score (nSPS) is 18.9. The highest BCUT2D eigenvalue weighted by atomic mass is 35.5. The van der Waals surface area contributed by atoms with Crippen molar-refractivity contribution in [3.8, 4) is 11.5 Å². The van der Waals surface area contributed by atoms with Crippen molar-refractivity contribution in [1.82, 2.24) is 10.4 Å². The Hall–Kier alpha value is -2.93. The lowest BCUT2D eigenvalue weighted by atomic mass is 9.95. The zero-order valence-corrected chi connectivity index (χ0v) is 15.0. The molecule has 2 atom stereocenters. The Balaban J connectivity index is 1.82. The van der Waals surface area contributed by atoms with Crippen molar-refractivity contribution in [2.45, 2.75) is 11.4 Å². The van der Waals surface area contributed by atoms with Crippen LogP contribution in [0.4, 0.5) is 5.69 Å². The molecule has 0 aromatic heterocycles. The molecular formula is C18H18ClN3O4. The van der Waals surface area contributed by atoms with Gasteiger partial charge in [-0.05, 0) is 42.0 Å².